The van der Waals surface area contributed by atoms with Crippen molar-refractivity contribution in [3.8, 4) is 5.75 Å². The van der Waals surface area contributed by atoms with Crippen LogP contribution < -0.4 is 15.0 Å². The molecule has 1 heterocycles. The molecule has 26 heavy (non-hydrogen) atoms. The van der Waals surface area contributed by atoms with Crippen LogP contribution in [-0.4, -0.2) is 50.6 Å². The monoisotopic (exact) mass is 373 g/mol. The zero-order valence-corrected chi connectivity index (χ0v) is 15.7. The fraction of sp³-hybridized carbons (Fsp3) is 0.350. The average Bonchev–Trinajstić information content (AvgIpc) is 2.67. The molecule has 0 saturated carbocycles. The molecule has 1 fully saturated rings. The van der Waals surface area contributed by atoms with E-state index in [4.69, 9.17) is 16.3 Å². The van der Waals surface area contributed by atoms with Crippen molar-refractivity contribution in [1.82, 2.24) is 10.2 Å². The van der Waals surface area contributed by atoms with Crippen molar-refractivity contribution in [2.45, 2.75) is 6.54 Å². The standard InChI is InChI=1S/C20H24ClN3O2/c1-26-19-8-3-2-5-16(19)14-22-20(25)15-23-9-11-24(12-10-23)18-7-4-6-17(21)13-18/h2-8,13H,9-12,14-15H2,1H3,(H,22,25). The van der Waals surface area contributed by atoms with Crippen molar-refractivity contribution in [3.05, 3.63) is 59.1 Å². The summed E-state index contributed by atoms with van der Waals surface area (Å²) in [6, 6.07) is 15.6. The molecule has 0 atom stereocenters. The third kappa shape index (κ3) is 4.90. The van der Waals surface area contributed by atoms with Gasteiger partial charge in [-0.15, -0.1) is 0 Å². The number of carbonyl (C=O) groups excluding carboxylic acids is 1. The number of para-hydroxylation sites is 1. The summed E-state index contributed by atoms with van der Waals surface area (Å²) >= 11 is 6.07. The first kappa shape index (κ1) is 18.5. The molecule has 0 bridgehead atoms. The molecule has 1 aliphatic heterocycles. The maximum Gasteiger partial charge on any atom is 0.234 e. The molecule has 3 rings (SSSR count). The topological polar surface area (TPSA) is 44.8 Å². The molecule has 0 aromatic heterocycles. The van der Waals surface area contributed by atoms with E-state index < -0.39 is 0 Å². The Hall–Kier alpha value is -2.24. The van der Waals surface area contributed by atoms with Crippen LogP contribution in [0, 0.1) is 0 Å². The quantitative estimate of drug-likeness (QED) is 0.845. The van der Waals surface area contributed by atoms with Gasteiger partial charge in [-0.1, -0.05) is 35.9 Å². The number of methoxy groups -OCH3 is 1. The number of piperazine rings is 1. The number of rotatable bonds is 6. The van der Waals surface area contributed by atoms with Crippen LogP contribution in [-0.2, 0) is 11.3 Å². The van der Waals surface area contributed by atoms with E-state index in [2.05, 4.69) is 21.2 Å². The van der Waals surface area contributed by atoms with E-state index in [9.17, 15) is 4.79 Å². The van der Waals surface area contributed by atoms with Crippen LogP contribution in [0.5, 0.6) is 5.75 Å². The number of hydrogen-bond donors (Lipinski definition) is 1. The summed E-state index contributed by atoms with van der Waals surface area (Å²) in [6.45, 7) is 4.38. The van der Waals surface area contributed by atoms with Gasteiger partial charge < -0.3 is 15.0 Å². The molecule has 2 aromatic carbocycles. The molecule has 1 aliphatic rings. The van der Waals surface area contributed by atoms with Crippen LogP contribution >= 0.6 is 11.6 Å². The second-order valence-corrected chi connectivity index (χ2v) is 6.77. The van der Waals surface area contributed by atoms with Gasteiger partial charge >= 0.3 is 0 Å². The lowest BCUT2D eigenvalue weighted by Crippen LogP contribution is -2.49. The van der Waals surface area contributed by atoms with Gasteiger partial charge in [0.15, 0.2) is 0 Å². The molecule has 6 heteroatoms. The van der Waals surface area contributed by atoms with Gasteiger partial charge in [0.2, 0.25) is 5.91 Å². The van der Waals surface area contributed by atoms with Crippen molar-refractivity contribution in [2.75, 3.05) is 44.7 Å². The number of amides is 1. The largest absolute Gasteiger partial charge is 0.496 e. The molecule has 1 amide bonds. The van der Waals surface area contributed by atoms with Crippen molar-refractivity contribution < 1.29 is 9.53 Å². The minimum atomic E-state index is 0.0344. The first-order valence-electron chi connectivity index (χ1n) is 8.77. The Kier molecular flexibility index (Phi) is 6.36. The average molecular weight is 374 g/mol. The summed E-state index contributed by atoms with van der Waals surface area (Å²) < 4.78 is 5.31. The second kappa shape index (κ2) is 8.92. The Bertz CT molecular complexity index is 745. The second-order valence-electron chi connectivity index (χ2n) is 6.33. The smallest absolute Gasteiger partial charge is 0.234 e. The van der Waals surface area contributed by atoms with Gasteiger partial charge in [0.1, 0.15) is 5.75 Å². The fourth-order valence-electron chi connectivity index (χ4n) is 3.14. The van der Waals surface area contributed by atoms with Gasteiger partial charge in [-0.2, -0.15) is 0 Å². The maximum absolute atomic E-state index is 12.3. The highest BCUT2D eigenvalue weighted by Gasteiger charge is 2.19. The molecule has 0 unspecified atom stereocenters. The number of halogens is 1. The summed E-state index contributed by atoms with van der Waals surface area (Å²) in [5.41, 5.74) is 2.12. The summed E-state index contributed by atoms with van der Waals surface area (Å²) in [6.07, 6.45) is 0. The van der Waals surface area contributed by atoms with Gasteiger partial charge in [0.05, 0.1) is 13.7 Å². The minimum absolute atomic E-state index is 0.0344. The molecule has 138 valence electrons. The summed E-state index contributed by atoms with van der Waals surface area (Å²) in [7, 11) is 1.64. The predicted octanol–water partition coefficient (Wildman–Crippen LogP) is 2.79. The zero-order valence-electron chi connectivity index (χ0n) is 15.0. The van der Waals surface area contributed by atoms with E-state index in [-0.39, 0.29) is 5.91 Å². The van der Waals surface area contributed by atoms with Gasteiger partial charge in [0, 0.05) is 49.0 Å². The fourth-order valence-corrected chi connectivity index (χ4v) is 3.32. The number of benzene rings is 2. The van der Waals surface area contributed by atoms with E-state index in [1.807, 2.05) is 42.5 Å². The van der Waals surface area contributed by atoms with E-state index in [1.54, 1.807) is 7.11 Å². The van der Waals surface area contributed by atoms with Crippen molar-refractivity contribution in [3.63, 3.8) is 0 Å². The van der Waals surface area contributed by atoms with Gasteiger partial charge in [-0.25, -0.2) is 0 Å². The number of hydrogen-bond acceptors (Lipinski definition) is 4. The van der Waals surface area contributed by atoms with Crippen LogP contribution in [0.3, 0.4) is 0 Å². The van der Waals surface area contributed by atoms with Crippen molar-refractivity contribution in [1.29, 1.82) is 0 Å². The molecular weight excluding hydrogens is 350 g/mol. The van der Waals surface area contributed by atoms with Crippen LogP contribution in [0.1, 0.15) is 5.56 Å². The lowest BCUT2D eigenvalue weighted by Gasteiger charge is -2.35. The van der Waals surface area contributed by atoms with E-state index in [0.29, 0.717) is 13.1 Å². The predicted molar refractivity (Wildman–Crippen MR) is 105 cm³/mol. The number of nitrogens with one attached hydrogen (secondary N) is 1. The number of anilines is 1. The molecule has 0 spiro atoms. The summed E-state index contributed by atoms with van der Waals surface area (Å²) in [5.74, 6) is 0.829. The Balaban J connectivity index is 1.45. The van der Waals surface area contributed by atoms with Crippen LogP contribution in [0.4, 0.5) is 5.69 Å². The third-order valence-electron chi connectivity index (χ3n) is 4.58. The normalized spacial score (nSPS) is 14.9. The molecule has 2 aromatic rings. The lowest BCUT2D eigenvalue weighted by atomic mass is 10.2. The van der Waals surface area contributed by atoms with Crippen molar-refractivity contribution in [2.24, 2.45) is 0 Å². The Morgan fingerprint density at radius 2 is 1.88 bits per heavy atom. The zero-order chi connectivity index (χ0) is 18.4. The van der Waals surface area contributed by atoms with E-state index in [0.717, 1.165) is 48.2 Å². The minimum Gasteiger partial charge on any atom is -0.496 e. The van der Waals surface area contributed by atoms with Gasteiger partial charge in [-0.3, -0.25) is 9.69 Å². The van der Waals surface area contributed by atoms with Crippen LogP contribution in [0.25, 0.3) is 0 Å². The maximum atomic E-state index is 12.3. The third-order valence-corrected chi connectivity index (χ3v) is 4.82. The summed E-state index contributed by atoms with van der Waals surface area (Å²) in [4.78, 5) is 16.7. The first-order chi connectivity index (χ1) is 12.7. The SMILES string of the molecule is COc1ccccc1CNC(=O)CN1CCN(c2cccc(Cl)c2)CC1. The van der Waals surface area contributed by atoms with E-state index >= 15 is 0 Å². The number of nitrogens with zero attached hydrogens (tertiary/aromatic N) is 2. The first-order valence-corrected chi connectivity index (χ1v) is 9.15. The molecular formula is C20H24ClN3O2. The van der Waals surface area contributed by atoms with Gasteiger partial charge in [-0.05, 0) is 24.3 Å². The Morgan fingerprint density at radius 1 is 1.12 bits per heavy atom. The summed E-state index contributed by atoms with van der Waals surface area (Å²) in [5, 5.41) is 3.73. The Morgan fingerprint density at radius 3 is 2.62 bits per heavy atom. The number of carbonyl (C=O) groups is 1. The highest BCUT2D eigenvalue weighted by atomic mass is 35.5. The van der Waals surface area contributed by atoms with Crippen LogP contribution in [0.15, 0.2) is 48.5 Å². The highest BCUT2D eigenvalue weighted by molar-refractivity contribution is 6.30. The van der Waals surface area contributed by atoms with Crippen LogP contribution in [0.2, 0.25) is 5.02 Å². The molecule has 1 saturated heterocycles. The van der Waals surface area contributed by atoms with Gasteiger partial charge in [0.25, 0.3) is 0 Å². The van der Waals surface area contributed by atoms with Crippen molar-refractivity contribution >= 4 is 23.2 Å². The molecule has 0 radical (unpaired) electrons. The lowest BCUT2D eigenvalue weighted by molar-refractivity contribution is -0.122. The Labute approximate surface area is 159 Å². The number of ether oxygens (including phenoxy) is 1. The highest BCUT2D eigenvalue weighted by Crippen LogP contribution is 2.21. The molecule has 1 N–H and O–H groups in total. The molecule has 0 aliphatic carbocycles. The molecule has 5 nitrogen and oxygen atoms in total. The van der Waals surface area contributed by atoms with E-state index in [1.165, 1.54) is 0 Å².